The second-order valence-corrected chi connectivity index (χ2v) is 8.00. The minimum Gasteiger partial charge on any atom is -0.495 e. The third kappa shape index (κ3) is 5.05. The van der Waals surface area contributed by atoms with E-state index in [1.54, 1.807) is 30.6 Å². The summed E-state index contributed by atoms with van der Waals surface area (Å²) < 4.78 is 24.1. The maximum atomic E-state index is 13.0. The van der Waals surface area contributed by atoms with Gasteiger partial charge in [0.2, 0.25) is 0 Å². The summed E-state index contributed by atoms with van der Waals surface area (Å²) >= 11 is 1.61. The first-order valence-electron chi connectivity index (χ1n) is 9.74. The predicted molar refractivity (Wildman–Crippen MR) is 112 cm³/mol. The average Bonchev–Trinajstić information content (AvgIpc) is 3.21. The van der Waals surface area contributed by atoms with Crippen molar-refractivity contribution in [1.82, 2.24) is 4.98 Å². The lowest BCUT2D eigenvalue weighted by molar-refractivity contribution is -0.914. The molecule has 2 aromatic carbocycles. The summed E-state index contributed by atoms with van der Waals surface area (Å²) in [7, 11) is 1.72. The van der Waals surface area contributed by atoms with E-state index in [1.807, 2.05) is 12.1 Å². The van der Waals surface area contributed by atoms with Crippen LogP contribution in [0.4, 0.5) is 10.1 Å². The van der Waals surface area contributed by atoms with Gasteiger partial charge >= 0.3 is 0 Å². The number of halogens is 1. The number of para-hydroxylation sites is 2. The fourth-order valence-corrected chi connectivity index (χ4v) is 4.27. The third-order valence-corrected chi connectivity index (χ3v) is 5.97. The monoisotopic (exact) mass is 414 g/mol. The SMILES string of the molecule is COc1ccccc1N1CC[NH+](Cc2csc(COc3ccc(F)cc3)n2)CC1. The van der Waals surface area contributed by atoms with Crippen molar-refractivity contribution in [3.8, 4) is 11.5 Å². The molecular formula is C22H25FN3O2S+. The van der Waals surface area contributed by atoms with Crippen LogP contribution in [-0.2, 0) is 13.2 Å². The molecule has 0 unspecified atom stereocenters. The van der Waals surface area contributed by atoms with Crippen LogP contribution in [0.1, 0.15) is 10.7 Å². The molecule has 4 rings (SSSR count). The van der Waals surface area contributed by atoms with Crippen LogP contribution >= 0.6 is 11.3 Å². The Hall–Kier alpha value is -2.64. The number of nitrogens with zero attached hydrogens (tertiary/aromatic N) is 2. The number of hydrogen-bond donors (Lipinski definition) is 1. The molecule has 1 fully saturated rings. The van der Waals surface area contributed by atoms with Crippen molar-refractivity contribution in [1.29, 1.82) is 0 Å². The molecule has 7 heteroatoms. The number of nitrogens with one attached hydrogen (secondary N) is 1. The molecule has 152 valence electrons. The van der Waals surface area contributed by atoms with Gasteiger partial charge in [-0.2, -0.15) is 0 Å². The highest BCUT2D eigenvalue weighted by molar-refractivity contribution is 7.09. The van der Waals surface area contributed by atoms with Gasteiger partial charge in [0.15, 0.2) is 0 Å². The third-order valence-electron chi connectivity index (χ3n) is 5.10. The largest absolute Gasteiger partial charge is 0.495 e. The summed E-state index contributed by atoms with van der Waals surface area (Å²) in [4.78, 5) is 8.64. The maximum Gasteiger partial charge on any atom is 0.142 e. The quantitative estimate of drug-likeness (QED) is 0.645. The minimum atomic E-state index is -0.261. The predicted octanol–water partition coefficient (Wildman–Crippen LogP) is 2.77. The Morgan fingerprint density at radius 1 is 1.10 bits per heavy atom. The number of methoxy groups -OCH3 is 1. The van der Waals surface area contributed by atoms with Crippen molar-refractivity contribution in [2.75, 3.05) is 38.2 Å². The first kappa shape index (κ1) is 19.7. The van der Waals surface area contributed by atoms with Gasteiger partial charge in [-0.05, 0) is 36.4 Å². The van der Waals surface area contributed by atoms with Crippen molar-refractivity contribution >= 4 is 17.0 Å². The van der Waals surface area contributed by atoms with Crippen LogP contribution < -0.4 is 19.3 Å². The number of thiazole rings is 1. The Balaban J connectivity index is 1.27. The zero-order chi connectivity index (χ0) is 20.1. The lowest BCUT2D eigenvalue weighted by Crippen LogP contribution is -3.13. The Morgan fingerprint density at radius 2 is 1.86 bits per heavy atom. The van der Waals surface area contributed by atoms with Gasteiger partial charge in [-0.15, -0.1) is 11.3 Å². The molecule has 0 spiro atoms. The van der Waals surface area contributed by atoms with Crippen molar-refractivity contribution < 1.29 is 18.8 Å². The lowest BCUT2D eigenvalue weighted by atomic mass is 10.2. The lowest BCUT2D eigenvalue weighted by Gasteiger charge is -2.34. The van der Waals surface area contributed by atoms with Gasteiger partial charge in [-0.3, -0.25) is 0 Å². The van der Waals surface area contributed by atoms with Gasteiger partial charge < -0.3 is 19.3 Å². The number of hydrogen-bond acceptors (Lipinski definition) is 5. The molecule has 1 aromatic heterocycles. The smallest absolute Gasteiger partial charge is 0.142 e. The molecular weight excluding hydrogens is 389 g/mol. The van der Waals surface area contributed by atoms with E-state index in [-0.39, 0.29) is 5.82 Å². The topological polar surface area (TPSA) is 39.0 Å². The Bertz CT molecular complexity index is 924. The van der Waals surface area contributed by atoms with Crippen LogP contribution in [0.2, 0.25) is 0 Å². The van der Waals surface area contributed by atoms with E-state index in [1.165, 1.54) is 22.7 Å². The zero-order valence-electron chi connectivity index (χ0n) is 16.4. The summed E-state index contributed by atoms with van der Waals surface area (Å²) in [6, 6.07) is 14.3. The number of aromatic nitrogens is 1. The standard InChI is InChI=1S/C22H24FN3O2S/c1-27-21-5-3-2-4-20(21)26-12-10-25(11-13-26)14-18-16-29-22(24-18)15-28-19-8-6-17(23)7-9-19/h2-9,16H,10-15H2,1H3/p+1. The summed E-state index contributed by atoms with van der Waals surface area (Å²) in [5.74, 6) is 1.32. The van der Waals surface area contributed by atoms with Crippen LogP contribution in [0.15, 0.2) is 53.9 Å². The Labute approximate surface area is 174 Å². The van der Waals surface area contributed by atoms with E-state index >= 15 is 0 Å². The van der Waals surface area contributed by atoms with Crippen LogP contribution in [0, 0.1) is 5.82 Å². The second kappa shape index (κ2) is 9.24. The minimum absolute atomic E-state index is 0.261. The number of quaternary nitrogens is 1. The maximum absolute atomic E-state index is 13.0. The fourth-order valence-electron chi connectivity index (χ4n) is 3.56. The number of benzene rings is 2. The Morgan fingerprint density at radius 3 is 2.62 bits per heavy atom. The molecule has 0 saturated carbocycles. The highest BCUT2D eigenvalue weighted by Crippen LogP contribution is 2.27. The van der Waals surface area contributed by atoms with Crippen LogP contribution in [-0.4, -0.2) is 38.3 Å². The van der Waals surface area contributed by atoms with Gasteiger partial charge in [0.1, 0.15) is 41.2 Å². The molecule has 5 nitrogen and oxygen atoms in total. The number of piperazine rings is 1. The van der Waals surface area contributed by atoms with E-state index < -0.39 is 0 Å². The van der Waals surface area contributed by atoms with Crippen LogP contribution in [0.3, 0.4) is 0 Å². The highest BCUT2D eigenvalue weighted by atomic mass is 32.1. The second-order valence-electron chi connectivity index (χ2n) is 7.06. The van der Waals surface area contributed by atoms with E-state index in [9.17, 15) is 4.39 Å². The van der Waals surface area contributed by atoms with Gasteiger partial charge in [-0.25, -0.2) is 9.37 Å². The number of ether oxygens (including phenoxy) is 2. The Kier molecular flexibility index (Phi) is 6.27. The summed E-state index contributed by atoms with van der Waals surface area (Å²) in [6.45, 7) is 5.47. The molecule has 0 bridgehead atoms. The summed E-state index contributed by atoms with van der Waals surface area (Å²) in [5, 5.41) is 3.06. The molecule has 1 aliphatic heterocycles. The molecule has 1 aliphatic rings. The molecule has 29 heavy (non-hydrogen) atoms. The van der Waals surface area contributed by atoms with Crippen molar-refractivity contribution in [3.63, 3.8) is 0 Å². The fraction of sp³-hybridized carbons (Fsp3) is 0.318. The summed E-state index contributed by atoms with van der Waals surface area (Å²) in [6.07, 6.45) is 0. The van der Waals surface area contributed by atoms with E-state index in [0.717, 1.165) is 49.2 Å². The van der Waals surface area contributed by atoms with E-state index in [2.05, 4.69) is 22.4 Å². The van der Waals surface area contributed by atoms with Gasteiger partial charge in [0.25, 0.3) is 0 Å². The van der Waals surface area contributed by atoms with E-state index in [4.69, 9.17) is 14.5 Å². The molecule has 0 aliphatic carbocycles. The van der Waals surface area contributed by atoms with Gasteiger partial charge in [0.05, 0.1) is 39.0 Å². The van der Waals surface area contributed by atoms with Crippen molar-refractivity contribution in [2.24, 2.45) is 0 Å². The van der Waals surface area contributed by atoms with Gasteiger partial charge in [-0.1, -0.05) is 12.1 Å². The van der Waals surface area contributed by atoms with Crippen LogP contribution in [0.25, 0.3) is 0 Å². The molecule has 0 atom stereocenters. The summed E-state index contributed by atoms with van der Waals surface area (Å²) in [5.41, 5.74) is 2.27. The van der Waals surface area contributed by atoms with Crippen LogP contribution in [0.5, 0.6) is 11.5 Å². The normalized spacial score (nSPS) is 14.8. The first-order valence-corrected chi connectivity index (χ1v) is 10.6. The number of anilines is 1. The van der Waals surface area contributed by atoms with Crippen molar-refractivity contribution in [2.45, 2.75) is 13.2 Å². The molecule has 1 N–H and O–H groups in total. The molecule has 1 saturated heterocycles. The molecule has 2 heterocycles. The first-order chi connectivity index (χ1) is 14.2. The average molecular weight is 415 g/mol. The molecule has 0 radical (unpaired) electrons. The van der Waals surface area contributed by atoms with Crippen molar-refractivity contribution in [3.05, 3.63) is 70.4 Å². The van der Waals surface area contributed by atoms with E-state index in [0.29, 0.717) is 12.4 Å². The number of rotatable bonds is 7. The molecule has 3 aromatic rings. The van der Waals surface area contributed by atoms with Gasteiger partial charge in [0, 0.05) is 5.38 Å². The highest BCUT2D eigenvalue weighted by Gasteiger charge is 2.23. The zero-order valence-corrected chi connectivity index (χ0v) is 17.3. The molecule has 0 amide bonds.